The minimum atomic E-state index is -1.38. The number of phenolic OH excluding ortho intramolecular Hbond substituents is 1. The van der Waals surface area contributed by atoms with Crippen LogP contribution in [-0.2, 0) is 9.37 Å². The second kappa shape index (κ2) is 15.6. The Morgan fingerprint density at radius 2 is 1.37 bits per heavy atom. The monoisotopic (exact) mass is 655 g/mol. The number of benzene rings is 4. The summed E-state index contributed by atoms with van der Waals surface area (Å²) in [5.74, 6) is -3.08. The van der Waals surface area contributed by atoms with Gasteiger partial charge in [-0.25, -0.2) is 14.8 Å². The predicted molar refractivity (Wildman–Crippen MR) is 161 cm³/mol. The highest BCUT2D eigenvalue weighted by Gasteiger charge is 2.18. The van der Waals surface area contributed by atoms with Crippen LogP contribution in [0.25, 0.3) is 10.8 Å². The Bertz CT molecular complexity index is 1790. The minimum absolute atomic E-state index is 0.00179. The zero-order valence-corrected chi connectivity index (χ0v) is 24.2. The lowest BCUT2D eigenvalue weighted by atomic mass is 10.1. The molecule has 4 aromatic carbocycles. The standard InChI is InChI=1S/C28H25N5O12S/c29-17-2-1-14-10-24(46-45-44-41)25(26(36)19(14)11-17)33-32-21-13-22(42-5-3-34)20(12-23(21)43-6-4-35)31-30-18-8-15(27(37)38)7-16(9-18)28(39)40/h1-2,7-13,34-36,41H,3-6,29H2,(H,37,38)(H,39,40). The van der Waals surface area contributed by atoms with Crippen LogP contribution in [0.3, 0.4) is 0 Å². The third-order valence-electron chi connectivity index (χ3n) is 5.91. The molecular weight excluding hydrogens is 630 g/mol. The number of rotatable bonds is 15. The van der Waals surface area contributed by atoms with Crippen molar-refractivity contribution < 1.29 is 59.2 Å². The highest BCUT2D eigenvalue weighted by molar-refractivity contribution is 7.94. The second-order valence-corrected chi connectivity index (χ2v) is 9.73. The molecule has 0 radical (unpaired) electrons. The van der Waals surface area contributed by atoms with Crippen molar-refractivity contribution in [3.05, 3.63) is 65.7 Å². The lowest BCUT2D eigenvalue weighted by Gasteiger charge is -2.13. The van der Waals surface area contributed by atoms with Crippen molar-refractivity contribution in [1.29, 1.82) is 0 Å². The van der Waals surface area contributed by atoms with Gasteiger partial charge in [-0.2, -0.15) is 5.11 Å². The summed E-state index contributed by atoms with van der Waals surface area (Å²) >= 11 is 0.525. The fraction of sp³-hybridized carbons (Fsp3) is 0.143. The van der Waals surface area contributed by atoms with E-state index in [2.05, 4.69) is 29.8 Å². The summed E-state index contributed by atoms with van der Waals surface area (Å²) in [6.45, 7) is -1.16. The van der Waals surface area contributed by atoms with E-state index in [9.17, 15) is 35.1 Å². The number of phenols is 1. The zero-order chi connectivity index (χ0) is 33.2. The van der Waals surface area contributed by atoms with Crippen molar-refractivity contribution in [2.75, 3.05) is 32.2 Å². The molecule has 0 aromatic heterocycles. The van der Waals surface area contributed by atoms with E-state index in [0.29, 0.717) is 28.5 Å². The molecule has 0 aliphatic rings. The number of hydrogen-bond acceptors (Lipinski definition) is 16. The number of carboxylic acids is 2. The van der Waals surface area contributed by atoms with Crippen LogP contribution in [0.1, 0.15) is 20.7 Å². The number of hydrogen-bond donors (Lipinski definition) is 7. The Kier molecular flexibility index (Phi) is 11.3. The summed E-state index contributed by atoms with van der Waals surface area (Å²) in [6, 6.07) is 12.2. The minimum Gasteiger partial charge on any atom is -0.505 e. The second-order valence-electron chi connectivity index (χ2n) is 8.99. The van der Waals surface area contributed by atoms with E-state index >= 15 is 0 Å². The predicted octanol–water partition coefficient (Wildman–Crippen LogP) is 5.53. The largest absolute Gasteiger partial charge is 0.505 e. The van der Waals surface area contributed by atoms with E-state index in [-0.39, 0.29) is 82.4 Å². The fourth-order valence-electron chi connectivity index (χ4n) is 3.94. The van der Waals surface area contributed by atoms with Crippen molar-refractivity contribution in [1.82, 2.24) is 0 Å². The average molecular weight is 656 g/mol. The number of aromatic carboxylic acids is 2. The molecule has 240 valence electrons. The van der Waals surface area contributed by atoms with Crippen LogP contribution in [0.2, 0.25) is 0 Å². The molecule has 4 aromatic rings. The number of nitrogen functional groups attached to an aromatic ring is 1. The van der Waals surface area contributed by atoms with Crippen molar-refractivity contribution in [2.24, 2.45) is 20.5 Å². The molecule has 0 aliphatic carbocycles. The van der Waals surface area contributed by atoms with Gasteiger partial charge >= 0.3 is 11.9 Å². The maximum atomic E-state index is 11.5. The van der Waals surface area contributed by atoms with E-state index in [4.69, 9.17) is 20.5 Å². The number of anilines is 1. The molecule has 0 heterocycles. The van der Waals surface area contributed by atoms with Gasteiger partial charge in [-0.15, -0.1) is 19.7 Å². The van der Waals surface area contributed by atoms with Gasteiger partial charge in [0, 0.05) is 23.2 Å². The van der Waals surface area contributed by atoms with Crippen molar-refractivity contribution in [3.8, 4) is 17.2 Å². The van der Waals surface area contributed by atoms with Crippen LogP contribution in [0.4, 0.5) is 28.4 Å². The SMILES string of the molecule is Nc1ccc2cc(SOOO)c(N=Nc3cc(OCCO)c(N=Nc4cc(C(=O)O)cc(C(=O)O)c4)cc3OCCO)c(O)c2c1. The van der Waals surface area contributed by atoms with Crippen LogP contribution >= 0.6 is 12.0 Å². The molecule has 0 saturated carbocycles. The maximum Gasteiger partial charge on any atom is 0.335 e. The Morgan fingerprint density at radius 1 is 0.783 bits per heavy atom. The Morgan fingerprint density at radius 3 is 1.91 bits per heavy atom. The smallest absolute Gasteiger partial charge is 0.335 e. The lowest BCUT2D eigenvalue weighted by molar-refractivity contribution is -0.432. The highest BCUT2D eigenvalue weighted by Crippen LogP contribution is 2.46. The molecule has 46 heavy (non-hydrogen) atoms. The maximum absolute atomic E-state index is 11.5. The van der Waals surface area contributed by atoms with Crippen LogP contribution < -0.4 is 15.2 Å². The zero-order valence-electron chi connectivity index (χ0n) is 23.4. The van der Waals surface area contributed by atoms with E-state index < -0.39 is 11.9 Å². The molecule has 17 nitrogen and oxygen atoms in total. The molecule has 8 N–H and O–H groups in total. The van der Waals surface area contributed by atoms with Gasteiger partial charge in [-0.3, -0.25) is 0 Å². The van der Waals surface area contributed by atoms with E-state index in [1.807, 2.05) is 0 Å². The van der Waals surface area contributed by atoms with Gasteiger partial charge in [-0.1, -0.05) is 11.1 Å². The third kappa shape index (κ3) is 8.21. The molecule has 0 saturated heterocycles. The summed E-state index contributed by atoms with van der Waals surface area (Å²) in [4.78, 5) is 23.1. The topological polar surface area (TPSA) is 268 Å². The fourth-order valence-corrected chi connectivity index (χ4v) is 4.43. The van der Waals surface area contributed by atoms with E-state index in [0.717, 1.165) is 18.2 Å². The number of aliphatic hydroxyl groups is 2. The van der Waals surface area contributed by atoms with Gasteiger partial charge in [-0.05, 0) is 41.8 Å². The highest BCUT2D eigenvalue weighted by atomic mass is 32.2. The summed E-state index contributed by atoms with van der Waals surface area (Å²) in [6.07, 6.45) is 0. The number of ether oxygens (including phenoxy) is 2. The average Bonchev–Trinajstić information content (AvgIpc) is 3.04. The number of fused-ring (bicyclic) bond motifs is 1. The number of nitrogens with two attached hydrogens (primary N) is 1. The summed E-state index contributed by atoms with van der Waals surface area (Å²) in [5, 5.41) is 78.1. The Balaban J connectivity index is 1.83. The third-order valence-corrected chi connectivity index (χ3v) is 6.53. The molecular formula is C28H25N5O12S. The normalized spacial score (nSPS) is 11.5. The molecule has 18 heteroatoms. The molecule has 0 unspecified atom stereocenters. The van der Waals surface area contributed by atoms with Gasteiger partial charge in [0.25, 0.3) is 0 Å². The summed E-state index contributed by atoms with van der Waals surface area (Å²) in [5.41, 5.74) is 5.37. The number of carboxylic acid groups (broad SMARTS) is 2. The number of carbonyl (C=O) groups is 2. The van der Waals surface area contributed by atoms with Gasteiger partial charge in [0.1, 0.15) is 41.8 Å². The molecule has 0 aliphatic heterocycles. The number of aliphatic hydroxyl groups excluding tert-OH is 2. The molecule has 4 rings (SSSR count). The molecule has 0 amide bonds. The quantitative estimate of drug-likeness (QED) is 0.0273. The molecule has 0 fully saturated rings. The Hall–Kier alpha value is -5.37. The van der Waals surface area contributed by atoms with Crippen molar-refractivity contribution in [2.45, 2.75) is 4.90 Å². The van der Waals surface area contributed by atoms with Crippen molar-refractivity contribution in [3.63, 3.8) is 0 Å². The van der Waals surface area contributed by atoms with Crippen LogP contribution in [0.5, 0.6) is 17.2 Å². The van der Waals surface area contributed by atoms with Crippen LogP contribution in [-0.4, -0.2) is 69.2 Å². The number of nitrogens with zero attached hydrogens (tertiary/aromatic N) is 4. The van der Waals surface area contributed by atoms with Crippen molar-refractivity contribution >= 4 is 63.2 Å². The molecule has 0 bridgehead atoms. The number of azo groups is 2. The van der Waals surface area contributed by atoms with Gasteiger partial charge in [0.05, 0.1) is 47.0 Å². The van der Waals surface area contributed by atoms with Crippen LogP contribution in [0, 0.1) is 0 Å². The van der Waals surface area contributed by atoms with Gasteiger partial charge < -0.3 is 40.7 Å². The van der Waals surface area contributed by atoms with Crippen LogP contribution in [0.15, 0.2) is 79.9 Å². The van der Waals surface area contributed by atoms with Gasteiger partial charge in [0.2, 0.25) is 0 Å². The van der Waals surface area contributed by atoms with E-state index in [1.54, 1.807) is 18.2 Å². The summed E-state index contributed by atoms with van der Waals surface area (Å²) < 4.78 is 15.8. The first-order chi connectivity index (χ1) is 22.1. The molecule has 0 atom stereocenters. The first-order valence-corrected chi connectivity index (χ1v) is 13.7. The summed E-state index contributed by atoms with van der Waals surface area (Å²) in [7, 11) is 0. The number of aromatic hydroxyl groups is 1. The first kappa shape index (κ1) is 33.5. The molecule has 0 spiro atoms. The van der Waals surface area contributed by atoms with E-state index in [1.165, 1.54) is 18.2 Å². The van der Waals surface area contributed by atoms with Gasteiger partial charge in [0.15, 0.2) is 5.75 Å². The Labute approximate surface area is 262 Å². The first-order valence-electron chi connectivity index (χ1n) is 13.0. The lowest BCUT2D eigenvalue weighted by Crippen LogP contribution is -2.04.